The van der Waals surface area contributed by atoms with Gasteiger partial charge in [0.15, 0.2) is 5.82 Å². The molecule has 2 aromatic carbocycles. The second-order valence-electron chi connectivity index (χ2n) is 8.25. The van der Waals surface area contributed by atoms with Gasteiger partial charge in [0.05, 0.1) is 27.7 Å². The van der Waals surface area contributed by atoms with E-state index in [0.717, 1.165) is 12.8 Å². The monoisotopic (exact) mass is 510 g/mol. The number of hydrogen-bond donors (Lipinski definition) is 4. The van der Waals surface area contributed by atoms with Crippen LogP contribution in [0, 0.1) is 5.92 Å². The average molecular weight is 511 g/mol. The highest BCUT2D eigenvalue weighted by Gasteiger charge is 2.37. The van der Waals surface area contributed by atoms with Crippen molar-refractivity contribution < 1.29 is 4.79 Å². The molecule has 5 rings (SSSR count). The van der Waals surface area contributed by atoms with Gasteiger partial charge in [0.25, 0.3) is 5.56 Å². The number of nitrogens with zero attached hydrogens (tertiary/aromatic N) is 4. The molecule has 35 heavy (non-hydrogen) atoms. The molecule has 1 saturated carbocycles. The molecule has 0 bridgehead atoms. The van der Waals surface area contributed by atoms with E-state index in [1.54, 1.807) is 36.4 Å². The van der Waals surface area contributed by atoms with E-state index in [1.165, 1.54) is 10.6 Å². The fourth-order valence-electron chi connectivity index (χ4n) is 4.01. The zero-order valence-corrected chi connectivity index (χ0v) is 19.7. The van der Waals surface area contributed by atoms with Crippen LogP contribution in [0.4, 0.5) is 17.6 Å². The molecule has 1 amide bonds. The summed E-state index contributed by atoms with van der Waals surface area (Å²) in [7, 11) is 0. The van der Waals surface area contributed by atoms with Crippen LogP contribution in [-0.2, 0) is 0 Å². The van der Waals surface area contributed by atoms with Crippen molar-refractivity contribution in [3.05, 3.63) is 74.3 Å². The Morgan fingerprint density at radius 3 is 2.54 bits per heavy atom. The van der Waals surface area contributed by atoms with Crippen LogP contribution in [-0.4, -0.2) is 25.4 Å². The number of amides is 1. The van der Waals surface area contributed by atoms with Crippen LogP contribution in [0.15, 0.2) is 47.3 Å². The highest BCUT2D eigenvalue weighted by atomic mass is 35.5. The molecule has 0 saturated heterocycles. The molecule has 2 heterocycles. The molecule has 10 nitrogen and oxygen atoms in total. The first-order valence-electron chi connectivity index (χ1n) is 10.7. The lowest BCUT2D eigenvalue weighted by Gasteiger charge is -2.24. The van der Waals surface area contributed by atoms with E-state index in [2.05, 4.69) is 15.3 Å². The summed E-state index contributed by atoms with van der Waals surface area (Å²) >= 11 is 12.7. The smallest absolute Gasteiger partial charge is 0.267 e. The number of rotatable bonds is 6. The summed E-state index contributed by atoms with van der Waals surface area (Å²) in [4.78, 5) is 38.6. The second-order valence-corrected chi connectivity index (χ2v) is 9.03. The Labute approximate surface area is 209 Å². The van der Waals surface area contributed by atoms with E-state index in [1.807, 2.05) is 0 Å². The molecule has 0 spiro atoms. The Morgan fingerprint density at radius 1 is 1.09 bits per heavy atom. The number of nitrogen functional groups attached to an aromatic ring is 2. The molecule has 2 aromatic heterocycles. The van der Waals surface area contributed by atoms with Crippen molar-refractivity contribution in [2.45, 2.75) is 18.9 Å². The summed E-state index contributed by atoms with van der Waals surface area (Å²) < 4.78 is 1.43. The third kappa shape index (κ3) is 4.22. The van der Waals surface area contributed by atoms with Gasteiger partial charge in [-0.3, -0.25) is 14.2 Å². The summed E-state index contributed by atoms with van der Waals surface area (Å²) in [6.07, 6.45) is 1.77. The number of carbonyl (C=O) groups is 1. The number of carbonyl (C=O) groups excluding carboxylic acids is 1. The highest BCUT2D eigenvalue weighted by Crippen LogP contribution is 2.44. The summed E-state index contributed by atoms with van der Waals surface area (Å²) in [5, 5.41) is 3.90. The Kier molecular flexibility index (Phi) is 5.70. The van der Waals surface area contributed by atoms with Gasteiger partial charge >= 0.3 is 0 Å². The Bertz CT molecular complexity index is 1550. The lowest BCUT2D eigenvalue weighted by molar-refractivity contribution is 0.1000. The molecule has 178 valence electrons. The molecule has 4 aromatic rings. The van der Waals surface area contributed by atoms with Crippen LogP contribution in [0.3, 0.4) is 0 Å². The summed E-state index contributed by atoms with van der Waals surface area (Å²) in [5.41, 5.74) is 17.8. The normalized spacial score (nSPS) is 14.1. The quantitative estimate of drug-likeness (QED) is 0.306. The van der Waals surface area contributed by atoms with Gasteiger partial charge in [-0.2, -0.15) is 9.97 Å². The van der Waals surface area contributed by atoms with E-state index in [-0.39, 0.29) is 44.5 Å². The van der Waals surface area contributed by atoms with Gasteiger partial charge < -0.3 is 22.5 Å². The maximum absolute atomic E-state index is 13.8. The fraction of sp³-hybridized carbons (Fsp3) is 0.174. The van der Waals surface area contributed by atoms with Crippen molar-refractivity contribution in [2.24, 2.45) is 11.7 Å². The predicted molar refractivity (Wildman–Crippen MR) is 136 cm³/mol. The topological polar surface area (TPSA) is 168 Å². The second kappa shape index (κ2) is 8.71. The SMILES string of the molecule is NC(=O)c1cccc(-n2c(C(Nc3nc(N)nc(N)c3Cl)C3CC3)nc3cccc(Cl)c3c2=O)c1. The summed E-state index contributed by atoms with van der Waals surface area (Å²) in [6, 6.07) is 11.0. The average Bonchev–Trinajstić information content (AvgIpc) is 3.65. The first-order valence-corrected chi connectivity index (χ1v) is 11.5. The zero-order valence-electron chi connectivity index (χ0n) is 18.2. The van der Waals surface area contributed by atoms with Crippen LogP contribution in [0.25, 0.3) is 16.6 Å². The minimum Gasteiger partial charge on any atom is -0.382 e. The maximum atomic E-state index is 13.8. The van der Waals surface area contributed by atoms with Crippen molar-refractivity contribution in [2.75, 3.05) is 16.8 Å². The number of benzene rings is 2. The van der Waals surface area contributed by atoms with Gasteiger partial charge in [0.1, 0.15) is 16.7 Å². The molecule has 1 atom stereocenters. The van der Waals surface area contributed by atoms with Gasteiger partial charge in [0, 0.05) is 5.56 Å². The molecule has 12 heteroatoms. The van der Waals surface area contributed by atoms with Gasteiger partial charge in [-0.15, -0.1) is 0 Å². The molecular weight excluding hydrogens is 491 g/mol. The van der Waals surface area contributed by atoms with E-state index in [4.69, 9.17) is 45.4 Å². The number of anilines is 3. The van der Waals surface area contributed by atoms with Crippen molar-refractivity contribution >= 4 is 57.6 Å². The summed E-state index contributed by atoms with van der Waals surface area (Å²) in [6.45, 7) is 0. The van der Waals surface area contributed by atoms with Crippen LogP contribution in [0.2, 0.25) is 10.0 Å². The Hall–Kier alpha value is -3.89. The first-order chi connectivity index (χ1) is 16.7. The summed E-state index contributed by atoms with van der Waals surface area (Å²) in [5.74, 6) is 0.100. The molecule has 1 fully saturated rings. The number of fused-ring (bicyclic) bond motifs is 1. The number of aromatic nitrogens is 4. The molecule has 1 unspecified atom stereocenters. The molecule has 1 aliphatic carbocycles. The highest BCUT2D eigenvalue weighted by molar-refractivity contribution is 6.35. The van der Waals surface area contributed by atoms with Crippen molar-refractivity contribution in [3.8, 4) is 5.69 Å². The van der Waals surface area contributed by atoms with Crippen molar-refractivity contribution in [1.29, 1.82) is 0 Å². The first kappa shape index (κ1) is 22.9. The molecule has 1 aliphatic rings. The standard InChI is InChI=1S/C23H20Cl2N8O2/c24-13-5-2-6-14-15(13)22(35)33(12-4-1-3-11(9-12)19(27)34)21(29-14)17(10-7-8-10)30-20-16(25)18(26)31-23(28)32-20/h1-6,9-10,17H,7-8H2,(H2,27,34)(H5,26,28,30,31,32). The van der Waals surface area contributed by atoms with E-state index in [9.17, 15) is 9.59 Å². The largest absolute Gasteiger partial charge is 0.382 e. The van der Waals surface area contributed by atoms with Gasteiger partial charge in [-0.25, -0.2) is 4.98 Å². The van der Waals surface area contributed by atoms with Gasteiger partial charge in [0.2, 0.25) is 11.9 Å². The molecule has 7 N–H and O–H groups in total. The number of hydrogen-bond acceptors (Lipinski definition) is 8. The number of primary amides is 1. The fourth-order valence-corrected chi connectivity index (χ4v) is 4.40. The van der Waals surface area contributed by atoms with Crippen LogP contribution in [0.1, 0.15) is 35.1 Å². The predicted octanol–water partition coefficient (Wildman–Crippen LogP) is 3.31. The third-order valence-corrected chi connectivity index (χ3v) is 6.51. The van der Waals surface area contributed by atoms with E-state index >= 15 is 0 Å². The van der Waals surface area contributed by atoms with Crippen molar-refractivity contribution in [1.82, 2.24) is 19.5 Å². The molecule has 0 aliphatic heterocycles. The minimum absolute atomic E-state index is 0.0287. The third-order valence-electron chi connectivity index (χ3n) is 5.82. The van der Waals surface area contributed by atoms with E-state index < -0.39 is 17.5 Å². The molecule has 0 radical (unpaired) electrons. The maximum Gasteiger partial charge on any atom is 0.267 e. The lowest BCUT2D eigenvalue weighted by atomic mass is 10.1. The van der Waals surface area contributed by atoms with Crippen LogP contribution in [0.5, 0.6) is 0 Å². The Morgan fingerprint density at radius 2 is 1.83 bits per heavy atom. The van der Waals surface area contributed by atoms with Crippen LogP contribution < -0.4 is 28.1 Å². The minimum atomic E-state index is -0.621. The number of nitrogens with one attached hydrogen (secondary N) is 1. The van der Waals surface area contributed by atoms with Gasteiger partial charge in [-0.1, -0.05) is 35.3 Å². The zero-order chi connectivity index (χ0) is 24.9. The van der Waals surface area contributed by atoms with E-state index in [0.29, 0.717) is 17.0 Å². The van der Waals surface area contributed by atoms with Crippen LogP contribution >= 0.6 is 23.2 Å². The van der Waals surface area contributed by atoms with Crippen molar-refractivity contribution in [3.63, 3.8) is 0 Å². The lowest BCUT2D eigenvalue weighted by Crippen LogP contribution is -2.30. The molecular formula is C23H20Cl2N8O2. The number of nitrogens with two attached hydrogens (primary N) is 3. The van der Waals surface area contributed by atoms with Gasteiger partial charge in [-0.05, 0) is 49.1 Å². The Balaban J connectivity index is 1.77. The number of halogens is 2.